The average molecular weight is 310 g/mol. The molecule has 2 aromatic rings. The standard InChI is InChI=1S/C14H13BrFNO/c1-9-2-3-13(17)14(4-9)18-8-10-5-11(15)7-12(16)6-10/h2-7H,8,17H2,1H3. The summed E-state index contributed by atoms with van der Waals surface area (Å²) in [7, 11) is 0. The zero-order valence-electron chi connectivity index (χ0n) is 9.91. The Hall–Kier alpha value is -1.55. The predicted molar refractivity (Wildman–Crippen MR) is 74.0 cm³/mol. The number of nitrogens with two attached hydrogens (primary N) is 1. The van der Waals surface area contributed by atoms with Crippen LogP contribution in [-0.2, 0) is 6.61 Å². The fraction of sp³-hybridized carbons (Fsp3) is 0.143. The number of anilines is 1. The van der Waals surface area contributed by atoms with E-state index in [4.69, 9.17) is 10.5 Å². The maximum absolute atomic E-state index is 13.2. The summed E-state index contributed by atoms with van der Waals surface area (Å²) in [5, 5.41) is 0. The first-order chi connectivity index (χ1) is 8.54. The van der Waals surface area contributed by atoms with Crippen molar-refractivity contribution in [1.82, 2.24) is 0 Å². The Bertz CT molecular complexity index is 551. The number of rotatable bonds is 3. The average Bonchev–Trinajstić information content (AvgIpc) is 2.29. The van der Waals surface area contributed by atoms with Crippen molar-refractivity contribution in [2.24, 2.45) is 0 Å². The Kier molecular flexibility index (Phi) is 3.87. The van der Waals surface area contributed by atoms with Crippen LogP contribution in [0.5, 0.6) is 5.75 Å². The van der Waals surface area contributed by atoms with Crippen molar-refractivity contribution >= 4 is 21.6 Å². The van der Waals surface area contributed by atoms with Crippen LogP contribution in [0, 0.1) is 12.7 Å². The van der Waals surface area contributed by atoms with Gasteiger partial charge in [0.2, 0.25) is 0 Å². The summed E-state index contributed by atoms with van der Waals surface area (Å²) in [4.78, 5) is 0. The highest BCUT2D eigenvalue weighted by molar-refractivity contribution is 9.10. The van der Waals surface area contributed by atoms with Gasteiger partial charge in [-0.1, -0.05) is 22.0 Å². The normalized spacial score (nSPS) is 10.4. The molecule has 0 saturated carbocycles. The molecule has 2 aromatic carbocycles. The van der Waals surface area contributed by atoms with Crippen LogP contribution < -0.4 is 10.5 Å². The van der Waals surface area contributed by atoms with Crippen LogP contribution in [0.25, 0.3) is 0 Å². The van der Waals surface area contributed by atoms with E-state index in [-0.39, 0.29) is 12.4 Å². The zero-order valence-corrected chi connectivity index (χ0v) is 11.5. The molecule has 0 fully saturated rings. The fourth-order valence-corrected chi connectivity index (χ4v) is 2.13. The van der Waals surface area contributed by atoms with E-state index in [2.05, 4.69) is 15.9 Å². The number of benzene rings is 2. The van der Waals surface area contributed by atoms with Crippen molar-refractivity contribution in [3.05, 3.63) is 57.8 Å². The van der Waals surface area contributed by atoms with Gasteiger partial charge in [0.15, 0.2) is 0 Å². The zero-order chi connectivity index (χ0) is 13.1. The Morgan fingerprint density at radius 1 is 1.22 bits per heavy atom. The predicted octanol–water partition coefficient (Wildman–Crippen LogP) is 4.06. The third-order valence-corrected chi connectivity index (χ3v) is 2.94. The largest absolute Gasteiger partial charge is 0.487 e. The van der Waals surface area contributed by atoms with Crippen LogP contribution in [0.3, 0.4) is 0 Å². The fourth-order valence-electron chi connectivity index (χ4n) is 1.62. The maximum atomic E-state index is 13.2. The van der Waals surface area contributed by atoms with Crippen molar-refractivity contribution in [3.63, 3.8) is 0 Å². The molecule has 2 rings (SSSR count). The molecule has 0 aromatic heterocycles. The summed E-state index contributed by atoms with van der Waals surface area (Å²) in [5.74, 6) is 0.329. The van der Waals surface area contributed by atoms with E-state index in [9.17, 15) is 4.39 Å². The summed E-state index contributed by atoms with van der Waals surface area (Å²) >= 11 is 3.25. The Balaban J connectivity index is 2.13. The highest BCUT2D eigenvalue weighted by atomic mass is 79.9. The van der Waals surface area contributed by atoms with Crippen molar-refractivity contribution < 1.29 is 9.13 Å². The van der Waals surface area contributed by atoms with Gasteiger partial charge in [-0.2, -0.15) is 0 Å². The highest BCUT2D eigenvalue weighted by Crippen LogP contribution is 2.24. The van der Waals surface area contributed by atoms with Crippen LogP contribution in [-0.4, -0.2) is 0 Å². The lowest BCUT2D eigenvalue weighted by atomic mass is 10.2. The summed E-state index contributed by atoms with van der Waals surface area (Å²) in [6.07, 6.45) is 0. The van der Waals surface area contributed by atoms with Crippen molar-refractivity contribution in [2.45, 2.75) is 13.5 Å². The molecule has 0 saturated heterocycles. The Labute approximate surface area is 114 Å². The molecule has 94 valence electrons. The van der Waals surface area contributed by atoms with E-state index < -0.39 is 0 Å². The molecule has 0 heterocycles. The van der Waals surface area contributed by atoms with Crippen LogP contribution >= 0.6 is 15.9 Å². The summed E-state index contributed by atoms with van der Waals surface area (Å²) in [6, 6.07) is 10.2. The molecular formula is C14H13BrFNO. The molecule has 0 atom stereocenters. The summed E-state index contributed by atoms with van der Waals surface area (Å²) in [6.45, 7) is 2.25. The minimum absolute atomic E-state index is 0.282. The topological polar surface area (TPSA) is 35.2 Å². The number of hydrogen-bond donors (Lipinski definition) is 1. The minimum Gasteiger partial charge on any atom is -0.487 e. The molecule has 0 unspecified atom stereocenters. The number of ether oxygens (including phenoxy) is 1. The molecule has 2 nitrogen and oxygen atoms in total. The lowest BCUT2D eigenvalue weighted by Gasteiger charge is -2.10. The first-order valence-electron chi connectivity index (χ1n) is 5.48. The van der Waals surface area contributed by atoms with Crippen molar-refractivity contribution in [3.8, 4) is 5.75 Å². The van der Waals surface area contributed by atoms with Gasteiger partial charge in [0.05, 0.1) is 5.69 Å². The van der Waals surface area contributed by atoms with Gasteiger partial charge < -0.3 is 10.5 Å². The molecule has 0 radical (unpaired) electrons. The second kappa shape index (κ2) is 5.40. The van der Waals surface area contributed by atoms with Gasteiger partial charge in [0, 0.05) is 4.47 Å². The molecule has 18 heavy (non-hydrogen) atoms. The van der Waals surface area contributed by atoms with E-state index in [1.54, 1.807) is 6.07 Å². The lowest BCUT2D eigenvalue weighted by Crippen LogP contribution is -1.99. The third kappa shape index (κ3) is 3.23. The third-order valence-electron chi connectivity index (χ3n) is 2.49. The first-order valence-corrected chi connectivity index (χ1v) is 6.28. The van der Waals surface area contributed by atoms with Gasteiger partial charge in [-0.25, -0.2) is 4.39 Å². The quantitative estimate of drug-likeness (QED) is 0.868. The molecule has 0 aliphatic heterocycles. The van der Waals surface area contributed by atoms with E-state index in [1.807, 2.05) is 25.1 Å². The molecule has 0 aliphatic carbocycles. The van der Waals surface area contributed by atoms with Gasteiger partial charge in [-0.05, 0) is 48.4 Å². The second-order valence-electron chi connectivity index (χ2n) is 4.11. The molecule has 4 heteroatoms. The summed E-state index contributed by atoms with van der Waals surface area (Å²) < 4.78 is 19.5. The van der Waals surface area contributed by atoms with Gasteiger partial charge in [-0.3, -0.25) is 0 Å². The SMILES string of the molecule is Cc1ccc(N)c(OCc2cc(F)cc(Br)c2)c1. The first kappa shape index (κ1) is 12.9. The minimum atomic E-state index is -0.291. The smallest absolute Gasteiger partial charge is 0.142 e. The number of hydrogen-bond acceptors (Lipinski definition) is 2. The van der Waals surface area contributed by atoms with Gasteiger partial charge in [-0.15, -0.1) is 0 Å². The molecule has 0 aliphatic rings. The van der Waals surface area contributed by atoms with E-state index >= 15 is 0 Å². The van der Waals surface area contributed by atoms with Crippen molar-refractivity contribution in [2.75, 3.05) is 5.73 Å². The lowest BCUT2D eigenvalue weighted by molar-refractivity contribution is 0.307. The molecule has 0 bridgehead atoms. The van der Waals surface area contributed by atoms with Crippen LogP contribution in [0.15, 0.2) is 40.9 Å². The van der Waals surface area contributed by atoms with Crippen LogP contribution in [0.4, 0.5) is 10.1 Å². The Morgan fingerprint density at radius 2 is 2.00 bits per heavy atom. The highest BCUT2D eigenvalue weighted by Gasteiger charge is 2.03. The van der Waals surface area contributed by atoms with E-state index in [1.165, 1.54) is 12.1 Å². The van der Waals surface area contributed by atoms with Gasteiger partial charge in [0.25, 0.3) is 0 Å². The molecular weight excluding hydrogens is 297 g/mol. The van der Waals surface area contributed by atoms with E-state index in [0.717, 1.165) is 11.1 Å². The Morgan fingerprint density at radius 3 is 2.72 bits per heavy atom. The van der Waals surface area contributed by atoms with Gasteiger partial charge >= 0.3 is 0 Å². The van der Waals surface area contributed by atoms with E-state index in [0.29, 0.717) is 15.9 Å². The van der Waals surface area contributed by atoms with Crippen LogP contribution in [0.1, 0.15) is 11.1 Å². The maximum Gasteiger partial charge on any atom is 0.142 e. The van der Waals surface area contributed by atoms with Crippen molar-refractivity contribution in [1.29, 1.82) is 0 Å². The molecule has 0 amide bonds. The molecule has 2 N–H and O–H groups in total. The molecule has 0 spiro atoms. The second-order valence-corrected chi connectivity index (χ2v) is 5.02. The van der Waals surface area contributed by atoms with Gasteiger partial charge in [0.1, 0.15) is 18.2 Å². The number of halogens is 2. The number of aryl methyl sites for hydroxylation is 1. The summed E-state index contributed by atoms with van der Waals surface area (Å²) in [5.41, 5.74) is 8.21. The van der Waals surface area contributed by atoms with Crippen LogP contribution in [0.2, 0.25) is 0 Å². The number of nitrogen functional groups attached to an aromatic ring is 1. The monoisotopic (exact) mass is 309 g/mol.